The van der Waals surface area contributed by atoms with Crippen molar-refractivity contribution in [3.05, 3.63) is 118 Å². The van der Waals surface area contributed by atoms with E-state index in [0.29, 0.717) is 30.6 Å². The maximum atomic E-state index is 14.5. The number of rotatable bonds is 10. The Morgan fingerprint density at radius 1 is 0.833 bits per heavy atom. The predicted octanol–water partition coefficient (Wildman–Crippen LogP) is 9.73. The fraction of sp³-hybridized carbons (Fsp3) is 0.412. The molecule has 0 bridgehead atoms. The molecule has 190 valence electrons. The van der Waals surface area contributed by atoms with Crippen molar-refractivity contribution < 1.29 is 8.78 Å². The highest BCUT2D eigenvalue weighted by Crippen LogP contribution is 2.38. The molecule has 0 radical (unpaired) electrons. The van der Waals surface area contributed by atoms with Crippen LogP contribution in [0.2, 0.25) is 0 Å². The van der Waals surface area contributed by atoms with Crippen molar-refractivity contribution in [1.29, 1.82) is 0 Å². The van der Waals surface area contributed by atoms with Crippen LogP contribution in [0.25, 0.3) is 0 Å². The lowest BCUT2D eigenvalue weighted by atomic mass is 9.76. The van der Waals surface area contributed by atoms with Gasteiger partial charge >= 0.3 is 0 Å². The third kappa shape index (κ3) is 7.15. The van der Waals surface area contributed by atoms with Gasteiger partial charge in [-0.1, -0.05) is 73.7 Å². The van der Waals surface area contributed by atoms with Crippen molar-refractivity contribution in [3.63, 3.8) is 0 Å². The van der Waals surface area contributed by atoms with E-state index in [1.807, 2.05) is 19.1 Å². The van der Waals surface area contributed by atoms with Crippen LogP contribution >= 0.6 is 0 Å². The van der Waals surface area contributed by atoms with E-state index < -0.39 is 0 Å². The Bertz CT molecular complexity index is 1080. The van der Waals surface area contributed by atoms with E-state index in [0.717, 1.165) is 24.8 Å². The van der Waals surface area contributed by atoms with Gasteiger partial charge in [0.15, 0.2) is 0 Å². The Kier molecular flexibility index (Phi) is 9.50. The molecule has 1 saturated carbocycles. The smallest absolute Gasteiger partial charge is 0.129 e. The Balaban J connectivity index is 1.24. The van der Waals surface area contributed by atoms with Crippen LogP contribution in [0.1, 0.15) is 92.0 Å². The lowest BCUT2D eigenvalue weighted by Gasteiger charge is -2.29. The number of benzene rings is 3. The molecule has 0 amide bonds. The van der Waals surface area contributed by atoms with Crippen molar-refractivity contribution >= 4 is 0 Å². The number of hydrogen-bond acceptors (Lipinski definition) is 0. The summed E-state index contributed by atoms with van der Waals surface area (Å²) < 4.78 is 28.9. The van der Waals surface area contributed by atoms with E-state index in [1.54, 1.807) is 12.1 Å². The predicted molar refractivity (Wildman–Crippen MR) is 148 cm³/mol. The van der Waals surface area contributed by atoms with E-state index in [4.69, 9.17) is 0 Å². The molecule has 0 N–H and O–H groups in total. The van der Waals surface area contributed by atoms with Gasteiger partial charge in [0.05, 0.1) is 0 Å². The zero-order valence-corrected chi connectivity index (χ0v) is 21.9. The first-order valence-corrected chi connectivity index (χ1v) is 13.7. The Morgan fingerprint density at radius 3 is 2.14 bits per heavy atom. The van der Waals surface area contributed by atoms with Gasteiger partial charge in [-0.25, -0.2) is 8.78 Å². The summed E-state index contributed by atoms with van der Waals surface area (Å²) in [5.74, 6) is 1.02. The first-order chi connectivity index (χ1) is 17.5. The fourth-order valence-electron chi connectivity index (χ4n) is 5.77. The number of halogens is 2. The van der Waals surface area contributed by atoms with Crippen LogP contribution < -0.4 is 0 Å². The number of allylic oxidation sites excluding steroid dienone is 2. The molecular formula is C34H40F2. The Hall–Kier alpha value is -2.74. The third-order valence-electron chi connectivity index (χ3n) is 8.05. The van der Waals surface area contributed by atoms with Crippen molar-refractivity contribution in [2.75, 3.05) is 0 Å². The van der Waals surface area contributed by atoms with Gasteiger partial charge in [0.25, 0.3) is 0 Å². The lowest BCUT2D eigenvalue weighted by molar-refractivity contribution is 0.310. The SMILES string of the molecule is C/C=C/CCc1c(F)cc(CCC2CCC(c3ccc(CC(C)c4ccccc4)cc3)CC2)cc1F. The molecule has 3 aromatic rings. The first kappa shape index (κ1) is 26.3. The zero-order valence-electron chi connectivity index (χ0n) is 21.9. The summed E-state index contributed by atoms with van der Waals surface area (Å²) in [6.45, 7) is 4.22. The topological polar surface area (TPSA) is 0 Å². The maximum Gasteiger partial charge on any atom is 0.129 e. The van der Waals surface area contributed by atoms with E-state index in [9.17, 15) is 8.78 Å². The lowest BCUT2D eigenvalue weighted by Crippen LogP contribution is -2.14. The molecule has 0 heterocycles. The summed E-state index contributed by atoms with van der Waals surface area (Å²) in [6.07, 6.45) is 12.6. The zero-order chi connectivity index (χ0) is 25.3. The molecule has 1 unspecified atom stereocenters. The monoisotopic (exact) mass is 486 g/mol. The van der Waals surface area contributed by atoms with Gasteiger partial charge in [0.1, 0.15) is 11.6 Å². The van der Waals surface area contributed by atoms with Gasteiger partial charge < -0.3 is 0 Å². The fourth-order valence-corrected chi connectivity index (χ4v) is 5.77. The minimum atomic E-state index is -0.389. The van der Waals surface area contributed by atoms with Crippen LogP contribution in [0.3, 0.4) is 0 Å². The van der Waals surface area contributed by atoms with E-state index in [1.165, 1.54) is 42.4 Å². The molecule has 2 heteroatoms. The highest BCUT2D eigenvalue weighted by atomic mass is 19.1. The molecule has 0 spiro atoms. The van der Waals surface area contributed by atoms with E-state index in [2.05, 4.69) is 61.5 Å². The maximum absolute atomic E-state index is 14.5. The normalized spacial score (nSPS) is 19.0. The van der Waals surface area contributed by atoms with Crippen molar-refractivity contribution in [2.45, 2.75) is 83.5 Å². The van der Waals surface area contributed by atoms with Gasteiger partial charge in [-0.15, -0.1) is 0 Å². The van der Waals surface area contributed by atoms with Crippen LogP contribution in [-0.4, -0.2) is 0 Å². The minimum absolute atomic E-state index is 0.220. The second-order valence-corrected chi connectivity index (χ2v) is 10.7. The number of hydrogen-bond donors (Lipinski definition) is 0. The van der Waals surface area contributed by atoms with Gasteiger partial charge in [-0.2, -0.15) is 0 Å². The summed E-state index contributed by atoms with van der Waals surface area (Å²) >= 11 is 0. The quantitative estimate of drug-likeness (QED) is 0.250. The molecule has 1 aliphatic rings. The molecule has 4 rings (SSSR count). The van der Waals surface area contributed by atoms with Crippen molar-refractivity contribution in [3.8, 4) is 0 Å². The van der Waals surface area contributed by atoms with Gasteiger partial charge in [0, 0.05) is 5.56 Å². The molecule has 3 aromatic carbocycles. The summed E-state index contributed by atoms with van der Waals surface area (Å²) in [4.78, 5) is 0. The second-order valence-electron chi connectivity index (χ2n) is 10.7. The molecule has 1 aliphatic carbocycles. The molecule has 0 aliphatic heterocycles. The van der Waals surface area contributed by atoms with Crippen LogP contribution in [0.4, 0.5) is 8.78 Å². The summed E-state index contributed by atoms with van der Waals surface area (Å²) in [5.41, 5.74) is 5.27. The highest BCUT2D eigenvalue weighted by Gasteiger charge is 2.22. The molecule has 36 heavy (non-hydrogen) atoms. The molecule has 0 nitrogen and oxygen atoms in total. The number of aryl methyl sites for hydroxylation is 1. The Labute approximate surface area is 216 Å². The van der Waals surface area contributed by atoms with Crippen molar-refractivity contribution in [1.82, 2.24) is 0 Å². The van der Waals surface area contributed by atoms with E-state index in [-0.39, 0.29) is 17.2 Å². The summed E-state index contributed by atoms with van der Waals surface area (Å²) in [7, 11) is 0. The Morgan fingerprint density at radius 2 is 1.50 bits per heavy atom. The van der Waals surface area contributed by atoms with E-state index >= 15 is 0 Å². The highest BCUT2D eigenvalue weighted by molar-refractivity contribution is 5.29. The van der Waals surface area contributed by atoms with Crippen LogP contribution in [-0.2, 0) is 19.3 Å². The van der Waals surface area contributed by atoms with Crippen LogP contribution in [0.5, 0.6) is 0 Å². The van der Waals surface area contributed by atoms with Crippen LogP contribution in [0, 0.1) is 17.6 Å². The van der Waals surface area contributed by atoms with Crippen LogP contribution in [0.15, 0.2) is 78.9 Å². The molecule has 0 aromatic heterocycles. The minimum Gasteiger partial charge on any atom is -0.207 e. The molecule has 0 saturated heterocycles. The van der Waals surface area contributed by atoms with Gasteiger partial charge in [-0.3, -0.25) is 0 Å². The van der Waals surface area contributed by atoms with Gasteiger partial charge in [0.2, 0.25) is 0 Å². The average Bonchev–Trinajstić information content (AvgIpc) is 2.90. The molecule has 1 atom stereocenters. The summed E-state index contributed by atoms with van der Waals surface area (Å²) in [5, 5.41) is 0. The largest absolute Gasteiger partial charge is 0.207 e. The average molecular weight is 487 g/mol. The third-order valence-corrected chi connectivity index (χ3v) is 8.05. The second kappa shape index (κ2) is 13.0. The standard InChI is InChI=1S/C34H40F2/c1-3-4-6-11-32-33(35)23-28(24-34(32)36)13-12-26-14-18-30(19-15-26)31-20-16-27(17-21-31)22-25(2)29-9-7-5-8-10-29/h3-5,7-10,16-17,20-21,23-26,30H,6,11-15,18-19,22H2,1-2H3/b4-3+. The van der Waals surface area contributed by atoms with Crippen molar-refractivity contribution in [2.24, 2.45) is 5.92 Å². The molecular weight excluding hydrogens is 446 g/mol. The first-order valence-electron chi connectivity index (χ1n) is 13.7. The molecule has 1 fully saturated rings. The summed E-state index contributed by atoms with van der Waals surface area (Å²) in [6, 6.07) is 23.1. The van der Waals surface area contributed by atoms with Gasteiger partial charge in [-0.05, 0) is 117 Å².